The van der Waals surface area contributed by atoms with Crippen molar-refractivity contribution in [2.24, 2.45) is 0 Å². The minimum atomic E-state index is -0.337. The molecular weight excluding hydrogens is 338 g/mol. The molecule has 0 bridgehead atoms. The topological polar surface area (TPSA) is 86.3 Å². The molecule has 1 amide bonds. The van der Waals surface area contributed by atoms with Crippen LogP contribution in [0.25, 0.3) is 0 Å². The second kappa shape index (κ2) is 7.74. The highest BCUT2D eigenvalue weighted by atomic mass is 32.2. The molecule has 0 unspecified atom stereocenters. The number of hydrogen-bond acceptors (Lipinski definition) is 5. The largest absolute Gasteiger partial charge is 0.493 e. The number of aromatic hydroxyl groups is 1. The van der Waals surface area contributed by atoms with Crippen LogP contribution in [0.5, 0.6) is 5.88 Å². The summed E-state index contributed by atoms with van der Waals surface area (Å²) in [6.07, 6.45) is 2.08. The Morgan fingerprint density at radius 3 is 2.84 bits per heavy atom. The lowest BCUT2D eigenvalue weighted by Crippen LogP contribution is -2.37. The zero-order valence-corrected chi connectivity index (χ0v) is 14.9. The highest BCUT2D eigenvalue weighted by molar-refractivity contribution is 7.99. The van der Waals surface area contributed by atoms with Crippen LogP contribution in [0.3, 0.4) is 0 Å². The van der Waals surface area contributed by atoms with E-state index in [9.17, 15) is 14.7 Å². The van der Waals surface area contributed by atoms with Gasteiger partial charge in [0.1, 0.15) is 0 Å². The molecular formula is C18H21N3O3S. The van der Waals surface area contributed by atoms with Crippen LogP contribution in [0.4, 0.5) is 0 Å². The van der Waals surface area contributed by atoms with E-state index < -0.39 is 0 Å². The maximum Gasteiger partial charge on any atom is 0.258 e. The molecule has 6 nitrogen and oxygen atoms in total. The van der Waals surface area contributed by atoms with Crippen molar-refractivity contribution in [3.8, 4) is 5.88 Å². The summed E-state index contributed by atoms with van der Waals surface area (Å²) in [5.41, 5.74) is 2.43. The molecule has 0 spiro atoms. The first kappa shape index (κ1) is 17.5. The average molecular weight is 359 g/mol. The van der Waals surface area contributed by atoms with Gasteiger partial charge in [0.05, 0.1) is 11.3 Å². The Labute approximate surface area is 150 Å². The number of hydrogen-bond donors (Lipinski definition) is 2. The fourth-order valence-corrected chi connectivity index (χ4v) is 3.70. The van der Waals surface area contributed by atoms with Crippen LogP contribution in [-0.2, 0) is 24.2 Å². The van der Waals surface area contributed by atoms with E-state index in [1.165, 1.54) is 11.1 Å². The predicted molar refractivity (Wildman–Crippen MR) is 96.8 cm³/mol. The lowest BCUT2D eigenvalue weighted by atomic mass is 10.00. The third kappa shape index (κ3) is 4.04. The Balaban J connectivity index is 1.62. The van der Waals surface area contributed by atoms with Gasteiger partial charge in [-0.1, -0.05) is 49.4 Å². The summed E-state index contributed by atoms with van der Waals surface area (Å²) < 4.78 is 0. The Kier molecular flexibility index (Phi) is 5.43. The molecule has 2 N–H and O–H groups in total. The van der Waals surface area contributed by atoms with Crippen LogP contribution in [0.15, 0.2) is 34.2 Å². The predicted octanol–water partition coefficient (Wildman–Crippen LogP) is 2.10. The van der Waals surface area contributed by atoms with Crippen molar-refractivity contribution >= 4 is 17.7 Å². The Morgan fingerprint density at radius 1 is 1.36 bits per heavy atom. The molecule has 2 aromatic rings. The number of thioether (sulfide) groups is 1. The van der Waals surface area contributed by atoms with Gasteiger partial charge in [0, 0.05) is 13.1 Å². The van der Waals surface area contributed by atoms with E-state index >= 15 is 0 Å². The molecule has 1 aromatic carbocycles. The van der Waals surface area contributed by atoms with Gasteiger partial charge >= 0.3 is 0 Å². The average Bonchev–Trinajstić information content (AvgIpc) is 2.62. The van der Waals surface area contributed by atoms with Crippen LogP contribution >= 0.6 is 11.8 Å². The van der Waals surface area contributed by atoms with Crippen molar-refractivity contribution in [2.45, 2.75) is 37.9 Å². The van der Waals surface area contributed by atoms with Gasteiger partial charge in [-0.25, -0.2) is 0 Å². The van der Waals surface area contributed by atoms with E-state index in [2.05, 4.69) is 16.0 Å². The number of rotatable bonds is 5. The third-order valence-corrected chi connectivity index (χ3v) is 5.15. The number of aromatic amines is 1. The summed E-state index contributed by atoms with van der Waals surface area (Å²) in [6, 6.07) is 8.15. The molecule has 0 fully saturated rings. The standard InChI is InChI=1S/C18H21N3O3S/c1-2-5-14-16(23)19-18(20-17(14)24)25-11-15(22)21-9-8-12-6-3-4-7-13(12)10-21/h3-4,6-7H,2,5,8-11H2,1H3,(H2,19,20,23,24). The van der Waals surface area contributed by atoms with Gasteiger partial charge in [-0.15, -0.1) is 0 Å². The Bertz CT molecular complexity index is 835. The minimum absolute atomic E-state index is 0.000670. The lowest BCUT2D eigenvalue weighted by molar-refractivity contribution is -0.129. The number of nitrogens with zero attached hydrogens (tertiary/aromatic N) is 2. The smallest absolute Gasteiger partial charge is 0.258 e. The van der Waals surface area contributed by atoms with Crippen molar-refractivity contribution in [2.75, 3.05) is 12.3 Å². The zero-order chi connectivity index (χ0) is 17.8. The lowest BCUT2D eigenvalue weighted by Gasteiger charge is -2.28. The van der Waals surface area contributed by atoms with Gasteiger partial charge in [-0.3, -0.25) is 9.59 Å². The molecule has 0 aliphatic carbocycles. The first-order valence-corrected chi connectivity index (χ1v) is 9.36. The van der Waals surface area contributed by atoms with E-state index in [4.69, 9.17) is 0 Å². The normalized spacial score (nSPS) is 13.6. The van der Waals surface area contributed by atoms with Crippen molar-refractivity contribution in [1.29, 1.82) is 0 Å². The van der Waals surface area contributed by atoms with Gasteiger partial charge in [0.15, 0.2) is 5.16 Å². The molecule has 25 heavy (non-hydrogen) atoms. The third-order valence-electron chi connectivity index (χ3n) is 4.29. The van der Waals surface area contributed by atoms with E-state index in [0.717, 1.165) is 24.6 Å². The number of carbonyl (C=O) groups is 1. The molecule has 7 heteroatoms. The Hall–Kier alpha value is -2.28. The number of H-pyrrole nitrogens is 1. The summed E-state index contributed by atoms with van der Waals surface area (Å²) in [6.45, 7) is 3.23. The zero-order valence-electron chi connectivity index (χ0n) is 14.1. The van der Waals surface area contributed by atoms with Crippen molar-refractivity contribution in [3.63, 3.8) is 0 Å². The number of nitrogens with one attached hydrogen (secondary N) is 1. The summed E-state index contributed by atoms with van der Waals surface area (Å²) in [5.74, 6) is -0.0655. The van der Waals surface area contributed by atoms with Gasteiger partial charge in [0.25, 0.3) is 5.56 Å². The second-order valence-electron chi connectivity index (χ2n) is 6.05. The highest BCUT2D eigenvalue weighted by Crippen LogP contribution is 2.21. The monoisotopic (exact) mass is 359 g/mol. The number of fused-ring (bicyclic) bond motifs is 1. The molecule has 0 saturated carbocycles. The van der Waals surface area contributed by atoms with Crippen LogP contribution in [-0.4, -0.2) is 38.2 Å². The summed E-state index contributed by atoms with van der Waals surface area (Å²) >= 11 is 1.14. The van der Waals surface area contributed by atoms with Crippen LogP contribution < -0.4 is 5.56 Å². The fourth-order valence-electron chi connectivity index (χ4n) is 2.94. The molecule has 0 radical (unpaired) electrons. The molecule has 3 rings (SSSR count). The van der Waals surface area contributed by atoms with Crippen LogP contribution in [0.1, 0.15) is 30.0 Å². The van der Waals surface area contributed by atoms with Crippen molar-refractivity contribution < 1.29 is 9.90 Å². The Morgan fingerprint density at radius 2 is 2.12 bits per heavy atom. The number of carbonyl (C=O) groups excluding carboxylic acids is 1. The minimum Gasteiger partial charge on any atom is -0.493 e. The van der Waals surface area contributed by atoms with E-state index in [1.54, 1.807) is 0 Å². The fraction of sp³-hybridized carbons (Fsp3) is 0.389. The van der Waals surface area contributed by atoms with E-state index in [-0.39, 0.29) is 28.3 Å². The van der Waals surface area contributed by atoms with Crippen LogP contribution in [0, 0.1) is 0 Å². The number of aromatic nitrogens is 2. The quantitative estimate of drug-likeness (QED) is 0.631. The van der Waals surface area contributed by atoms with Gasteiger partial charge in [-0.05, 0) is 24.0 Å². The first-order chi connectivity index (χ1) is 12.1. The highest BCUT2D eigenvalue weighted by Gasteiger charge is 2.21. The molecule has 2 heterocycles. The maximum absolute atomic E-state index is 12.4. The molecule has 1 aromatic heterocycles. The summed E-state index contributed by atoms with van der Waals surface area (Å²) in [4.78, 5) is 32.9. The van der Waals surface area contributed by atoms with Gasteiger partial charge < -0.3 is 15.0 Å². The molecule has 132 valence electrons. The van der Waals surface area contributed by atoms with E-state index in [0.29, 0.717) is 25.1 Å². The first-order valence-electron chi connectivity index (χ1n) is 8.38. The van der Waals surface area contributed by atoms with Gasteiger partial charge in [0.2, 0.25) is 11.8 Å². The molecule has 1 aliphatic heterocycles. The second-order valence-corrected chi connectivity index (χ2v) is 7.01. The maximum atomic E-state index is 12.4. The summed E-state index contributed by atoms with van der Waals surface area (Å²) in [7, 11) is 0. The molecule has 0 atom stereocenters. The van der Waals surface area contributed by atoms with Gasteiger partial charge in [-0.2, -0.15) is 4.98 Å². The molecule has 1 aliphatic rings. The SMILES string of the molecule is CCCc1c(O)nc(SCC(=O)N2CCc3ccccc3C2)[nH]c1=O. The summed E-state index contributed by atoms with van der Waals surface area (Å²) in [5, 5.41) is 10.2. The van der Waals surface area contributed by atoms with Crippen molar-refractivity contribution in [1.82, 2.24) is 14.9 Å². The van der Waals surface area contributed by atoms with Crippen LogP contribution in [0.2, 0.25) is 0 Å². The molecule has 0 saturated heterocycles. The van der Waals surface area contributed by atoms with Crippen molar-refractivity contribution in [3.05, 3.63) is 51.3 Å². The number of benzene rings is 1. The van der Waals surface area contributed by atoms with E-state index in [1.807, 2.05) is 30.0 Å². The number of amides is 1.